The fourth-order valence-corrected chi connectivity index (χ4v) is 3.73. The van der Waals surface area contributed by atoms with E-state index in [-0.39, 0.29) is 22.8 Å². The maximum atomic E-state index is 11.9. The average Bonchev–Trinajstić information content (AvgIpc) is 2.35. The van der Waals surface area contributed by atoms with Gasteiger partial charge in [-0.3, -0.25) is 0 Å². The summed E-state index contributed by atoms with van der Waals surface area (Å²) in [4.78, 5) is 10.8. The molecule has 0 spiro atoms. The van der Waals surface area contributed by atoms with Crippen molar-refractivity contribution < 1.29 is 23.4 Å². The number of rotatable bonds is 7. The number of hydrogen-bond acceptors (Lipinski definition) is 5. The number of aromatic carboxylic acids is 1. The second-order valence-electron chi connectivity index (χ2n) is 3.48. The van der Waals surface area contributed by atoms with E-state index in [9.17, 15) is 13.2 Å². The molecule has 1 rings (SSSR count). The minimum absolute atomic E-state index is 0.0237. The molecule has 0 saturated carbocycles. The van der Waals surface area contributed by atoms with Crippen LogP contribution < -0.4 is 0 Å². The number of hydrogen-bond donors (Lipinski definition) is 2. The maximum Gasteiger partial charge on any atom is 0.335 e. The van der Waals surface area contributed by atoms with Gasteiger partial charge in [-0.25, -0.2) is 13.2 Å². The summed E-state index contributed by atoms with van der Waals surface area (Å²) in [7, 11) is -3.38. The van der Waals surface area contributed by atoms with Gasteiger partial charge < -0.3 is 10.2 Å². The van der Waals surface area contributed by atoms with Crippen LogP contribution in [0, 0.1) is 0 Å². The molecule has 18 heavy (non-hydrogen) atoms. The van der Waals surface area contributed by atoms with E-state index in [1.165, 1.54) is 36.0 Å². The van der Waals surface area contributed by atoms with Crippen LogP contribution in [0.4, 0.5) is 0 Å². The van der Waals surface area contributed by atoms with Gasteiger partial charge in [0.1, 0.15) is 0 Å². The first-order valence-electron chi connectivity index (χ1n) is 5.22. The summed E-state index contributed by atoms with van der Waals surface area (Å²) in [6.45, 7) is 0.0258. The number of carboxylic acid groups (broad SMARTS) is 1. The van der Waals surface area contributed by atoms with Gasteiger partial charge in [0.2, 0.25) is 0 Å². The van der Waals surface area contributed by atoms with Crippen LogP contribution in [0.2, 0.25) is 0 Å². The number of carbonyl (C=O) groups is 1. The second kappa shape index (κ2) is 6.77. The van der Waals surface area contributed by atoms with Crippen LogP contribution in [0.1, 0.15) is 10.4 Å². The Hall–Kier alpha value is -1.05. The minimum atomic E-state index is -3.38. The van der Waals surface area contributed by atoms with E-state index in [2.05, 4.69) is 0 Å². The van der Waals surface area contributed by atoms with Crippen LogP contribution in [-0.2, 0) is 9.84 Å². The molecule has 7 heteroatoms. The van der Waals surface area contributed by atoms with E-state index in [0.29, 0.717) is 11.5 Å². The van der Waals surface area contributed by atoms with Crippen molar-refractivity contribution in [1.82, 2.24) is 0 Å². The van der Waals surface area contributed by atoms with Crippen molar-refractivity contribution >= 4 is 27.6 Å². The summed E-state index contributed by atoms with van der Waals surface area (Å²) in [6, 6.07) is 5.15. The predicted molar refractivity (Wildman–Crippen MR) is 69.9 cm³/mol. The van der Waals surface area contributed by atoms with Crippen molar-refractivity contribution in [2.45, 2.75) is 4.90 Å². The van der Waals surface area contributed by atoms with E-state index < -0.39 is 15.8 Å². The van der Waals surface area contributed by atoms with E-state index in [1.54, 1.807) is 0 Å². The molecular formula is C11H14O5S2. The van der Waals surface area contributed by atoms with Gasteiger partial charge in [-0.1, -0.05) is 0 Å². The molecule has 100 valence electrons. The van der Waals surface area contributed by atoms with Gasteiger partial charge in [-0.2, -0.15) is 11.8 Å². The molecule has 0 heterocycles. The van der Waals surface area contributed by atoms with Gasteiger partial charge in [0.25, 0.3) is 0 Å². The predicted octanol–water partition coefficient (Wildman–Crippen LogP) is 0.884. The highest BCUT2D eigenvalue weighted by Crippen LogP contribution is 2.14. The molecule has 0 unspecified atom stereocenters. The Balaban J connectivity index is 2.70. The van der Waals surface area contributed by atoms with Crippen molar-refractivity contribution in [3.8, 4) is 0 Å². The van der Waals surface area contributed by atoms with E-state index in [4.69, 9.17) is 10.2 Å². The van der Waals surface area contributed by atoms with E-state index >= 15 is 0 Å². The van der Waals surface area contributed by atoms with Crippen LogP contribution in [0.5, 0.6) is 0 Å². The summed E-state index contributed by atoms with van der Waals surface area (Å²) < 4.78 is 23.7. The zero-order valence-electron chi connectivity index (χ0n) is 9.57. The third-order valence-corrected chi connectivity index (χ3v) is 5.15. The molecule has 0 radical (unpaired) electrons. The largest absolute Gasteiger partial charge is 0.478 e. The summed E-state index contributed by atoms with van der Waals surface area (Å²) >= 11 is 1.36. The molecule has 0 aromatic heterocycles. The zero-order chi connectivity index (χ0) is 13.6. The number of sulfone groups is 1. The SMILES string of the molecule is O=C(O)c1ccc(S(=O)(=O)CCSCCO)cc1. The van der Waals surface area contributed by atoms with Gasteiger partial charge in [-0.05, 0) is 24.3 Å². The highest BCUT2D eigenvalue weighted by atomic mass is 32.2. The van der Waals surface area contributed by atoms with Crippen LogP contribution in [0.25, 0.3) is 0 Å². The normalized spacial score (nSPS) is 11.4. The molecule has 0 fully saturated rings. The number of carboxylic acids is 1. The van der Waals surface area contributed by atoms with E-state index in [1.807, 2.05) is 0 Å². The Morgan fingerprint density at radius 2 is 1.78 bits per heavy atom. The molecule has 1 aromatic carbocycles. The first-order chi connectivity index (χ1) is 8.47. The molecule has 0 aliphatic carbocycles. The number of benzene rings is 1. The van der Waals surface area contributed by atoms with Crippen LogP contribution >= 0.6 is 11.8 Å². The second-order valence-corrected chi connectivity index (χ2v) is 6.82. The summed E-state index contributed by atoms with van der Waals surface area (Å²) in [5.74, 6) is -0.196. The van der Waals surface area contributed by atoms with Gasteiger partial charge >= 0.3 is 5.97 Å². The lowest BCUT2D eigenvalue weighted by molar-refractivity contribution is 0.0696. The molecule has 1 aromatic rings. The lowest BCUT2D eigenvalue weighted by atomic mass is 10.2. The Labute approximate surface area is 110 Å². The molecule has 5 nitrogen and oxygen atoms in total. The minimum Gasteiger partial charge on any atom is -0.478 e. The standard InChI is InChI=1S/C11H14O5S2/c12-5-6-17-7-8-18(15,16)10-3-1-9(2-4-10)11(13)14/h1-4,12H,5-8H2,(H,13,14). The first-order valence-corrected chi connectivity index (χ1v) is 8.03. The Morgan fingerprint density at radius 1 is 1.17 bits per heavy atom. The van der Waals surface area contributed by atoms with Crippen LogP contribution in [0.15, 0.2) is 29.2 Å². The summed E-state index contributed by atoms with van der Waals surface area (Å²) in [5, 5.41) is 17.3. The van der Waals surface area contributed by atoms with E-state index in [0.717, 1.165) is 0 Å². The van der Waals surface area contributed by atoms with Crippen LogP contribution in [-0.4, -0.2) is 48.5 Å². The fraction of sp³-hybridized carbons (Fsp3) is 0.364. The molecule has 0 amide bonds. The van der Waals surface area contributed by atoms with Crippen molar-refractivity contribution in [2.24, 2.45) is 0 Å². The number of aliphatic hydroxyl groups is 1. The Kier molecular flexibility index (Phi) is 5.64. The van der Waals surface area contributed by atoms with Gasteiger partial charge in [-0.15, -0.1) is 0 Å². The zero-order valence-corrected chi connectivity index (χ0v) is 11.2. The highest BCUT2D eigenvalue weighted by Gasteiger charge is 2.14. The smallest absolute Gasteiger partial charge is 0.335 e. The van der Waals surface area contributed by atoms with Gasteiger partial charge in [0.15, 0.2) is 9.84 Å². The molecule has 0 aliphatic rings. The molecule has 2 N–H and O–H groups in total. The third-order valence-electron chi connectivity index (χ3n) is 2.19. The van der Waals surface area contributed by atoms with Gasteiger partial charge in [0, 0.05) is 11.5 Å². The lowest BCUT2D eigenvalue weighted by Gasteiger charge is -2.04. The number of thioether (sulfide) groups is 1. The monoisotopic (exact) mass is 290 g/mol. The van der Waals surface area contributed by atoms with Crippen molar-refractivity contribution in [3.05, 3.63) is 29.8 Å². The third kappa shape index (κ3) is 4.32. The fourth-order valence-electron chi connectivity index (χ4n) is 1.26. The summed E-state index contributed by atoms with van der Waals surface area (Å²) in [6.07, 6.45) is 0. The topological polar surface area (TPSA) is 91.7 Å². The lowest BCUT2D eigenvalue weighted by Crippen LogP contribution is -2.10. The average molecular weight is 290 g/mol. The molecule has 0 saturated heterocycles. The van der Waals surface area contributed by atoms with Gasteiger partial charge in [0.05, 0.1) is 22.8 Å². The molecule has 0 aliphatic heterocycles. The molecule has 0 bridgehead atoms. The van der Waals surface area contributed by atoms with Crippen LogP contribution in [0.3, 0.4) is 0 Å². The number of aliphatic hydroxyl groups excluding tert-OH is 1. The Morgan fingerprint density at radius 3 is 2.28 bits per heavy atom. The maximum absolute atomic E-state index is 11.9. The van der Waals surface area contributed by atoms with Crippen molar-refractivity contribution in [3.63, 3.8) is 0 Å². The Bertz CT molecular complexity index is 493. The molecular weight excluding hydrogens is 276 g/mol. The van der Waals surface area contributed by atoms with Crippen molar-refractivity contribution in [1.29, 1.82) is 0 Å². The molecule has 0 atom stereocenters. The summed E-state index contributed by atoms with van der Waals surface area (Å²) in [5.41, 5.74) is 0.0589. The highest BCUT2D eigenvalue weighted by molar-refractivity contribution is 8.00. The quantitative estimate of drug-likeness (QED) is 0.724. The first kappa shape index (κ1) is 15.0. The van der Waals surface area contributed by atoms with Crippen molar-refractivity contribution in [2.75, 3.05) is 23.9 Å².